The number of halogens is 1. The molecule has 0 saturated carbocycles. The molecule has 3 aromatic rings. The first-order valence-electron chi connectivity index (χ1n) is 8.69. The van der Waals surface area contributed by atoms with Gasteiger partial charge in [-0.3, -0.25) is 9.69 Å². The number of nitrogens with zero attached hydrogens (tertiary/aromatic N) is 2. The van der Waals surface area contributed by atoms with Gasteiger partial charge in [0.1, 0.15) is 11.4 Å². The minimum atomic E-state index is -0.222. The molecule has 0 unspecified atom stereocenters. The molecule has 0 spiro atoms. The van der Waals surface area contributed by atoms with Crippen molar-refractivity contribution < 1.29 is 13.6 Å². The number of piperazine rings is 1. The number of hydrogen-bond acceptors (Lipinski definition) is 4. The van der Waals surface area contributed by atoms with E-state index in [1.165, 1.54) is 12.1 Å². The summed E-state index contributed by atoms with van der Waals surface area (Å²) in [5.74, 6) is -0.0982. The molecule has 0 atom stereocenters. The standard InChI is InChI=1S/C20H20FN3O2/c21-16-5-7-17(8-6-16)24-11-9-23(10-12-24)14-22-20(25)19-13-15-3-1-2-4-18(15)26-19/h1-8,13H,9-12,14H2,(H,22,25). The Bertz CT molecular complexity index is 866. The highest BCUT2D eigenvalue weighted by molar-refractivity contribution is 5.95. The predicted molar refractivity (Wildman–Crippen MR) is 98.7 cm³/mol. The third-order valence-corrected chi connectivity index (χ3v) is 4.68. The van der Waals surface area contributed by atoms with E-state index in [0.29, 0.717) is 18.0 Å². The van der Waals surface area contributed by atoms with Gasteiger partial charge in [-0.05, 0) is 36.4 Å². The van der Waals surface area contributed by atoms with Crippen molar-refractivity contribution in [2.45, 2.75) is 0 Å². The molecule has 1 amide bonds. The summed E-state index contributed by atoms with van der Waals surface area (Å²) < 4.78 is 18.6. The van der Waals surface area contributed by atoms with Crippen LogP contribution in [0.25, 0.3) is 11.0 Å². The smallest absolute Gasteiger partial charge is 0.288 e. The van der Waals surface area contributed by atoms with Gasteiger partial charge in [-0.1, -0.05) is 18.2 Å². The highest BCUT2D eigenvalue weighted by Crippen LogP contribution is 2.19. The minimum Gasteiger partial charge on any atom is -0.451 e. The maximum Gasteiger partial charge on any atom is 0.288 e. The Morgan fingerprint density at radius 3 is 2.50 bits per heavy atom. The first kappa shape index (κ1) is 16.6. The van der Waals surface area contributed by atoms with Crippen LogP contribution in [0.3, 0.4) is 0 Å². The van der Waals surface area contributed by atoms with E-state index in [-0.39, 0.29) is 11.7 Å². The number of benzene rings is 2. The van der Waals surface area contributed by atoms with Crippen molar-refractivity contribution in [3.05, 3.63) is 66.2 Å². The number of amides is 1. The number of rotatable bonds is 4. The lowest BCUT2D eigenvalue weighted by molar-refractivity contribution is 0.0894. The molecule has 6 heteroatoms. The van der Waals surface area contributed by atoms with Crippen molar-refractivity contribution in [2.24, 2.45) is 0 Å². The molecular weight excluding hydrogens is 333 g/mol. The van der Waals surface area contributed by atoms with Crippen molar-refractivity contribution in [1.82, 2.24) is 10.2 Å². The van der Waals surface area contributed by atoms with E-state index in [9.17, 15) is 9.18 Å². The van der Waals surface area contributed by atoms with Gasteiger partial charge in [0.05, 0.1) is 6.67 Å². The molecule has 1 saturated heterocycles. The number of anilines is 1. The van der Waals surface area contributed by atoms with Crippen molar-refractivity contribution >= 4 is 22.6 Å². The van der Waals surface area contributed by atoms with Crippen LogP contribution in [0.4, 0.5) is 10.1 Å². The topological polar surface area (TPSA) is 48.7 Å². The molecule has 1 aromatic heterocycles. The second kappa shape index (κ2) is 7.17. The zero-order valence-electron chi connectivity index (χ0n) is 14.3. The summed E-state index contributed by atoms with van der Waals surface area (Å²) in [5, 5.41) is 3.84. The van der Waals surface area contributed by atoms with Crippen molar-refractivity contribution in [3.8, 4) is 0 Å². The second-order valence-electron chi connectivity index (χ2n) is 6.39. The maximum absolute atomic E-state index is 13.0. The summed E-state index contributed by atoms with van der Waals surface area (Å²) in [6.45, 7) is 3.82. The molecule has 26 heavy (non-hydrogen) atoms. The molecule has 1 aliphatic rings. The van der Waals surface area contributed by atoms with Crippen LogP contribution in [0, 0.1) is 5.82 Å². The lowest BCUT2D eigenvalue weighted by atomic mass is 10.2. The Kier molecular flexibility index (Phi) is 4.58. The van der Waals surface area contributed by atoms with Gasteiger partial charge in [-0.15, -0.1) is 0 Å². The largest absolute Gasteiger partial charge is 0.451 e. The average Bonchev–Trinajstić information content (AvgIpc) is 3.11. The molecule has 2 heterocycles. The number of carbonyl (C=O) groups excluding carboxylic acids is 1. The van der Waals surface area contributed by atoms with Crippen molar-refractivity contribution in [1.29, 1.82) is 0 Å². The van der Waals surface area contributed by atoms with Crippen LogP contribution >= 0.6 is 0 Å². The minimum absolute atomic E-state index is 0.206. The highest BCUT2D eigenvalue weighted by atomic mass is 19.1. The van der Waals surface area contributed by atoms with Crippen molar-refractivity contribution in [2.75, 3.05) is 37.7 Å². The third kappa shape index (κ3) is 3.55. The fourth-order valence-corrected chi connectivity index (χ4v) is 3.18. The SMILES string of the molecule is O=C(NCN1CCN(c2ccc(F)cc2)CC1)c1cc2ccccc2o1. The molecule has 2 aromatic carbocycles. The first-order valence-corrected chi connectivity index (χ1v) is 8.69. The van der Waals surface area contributed by atoms with Crippen LogP contribution in [0.1, 0.15) is 10.6 Å². The molecule has 1 fully saturated rings. The summed E-state index contributed by atoms with van der Waals surface area (Å²) in [4.78, 5) is 16.7. The van der Waals surface area contributed by atoms with E-state index in [1.807, 2.05) is 24.3 Å². The van der Waals surface area contributed by atoms with Crippen LogP contribution < -0.4 is 10.2 Å². The Morgan fingerprint density at radius 1 is 1.04 bits per heavy atom. The number of fused-ring (bicyclic) bond motifs is 1. The van der Waals surface area contributed by atoms with Gasteiger partial charge >= 0.3 is 0 Å². The number of hydrogen-bond donors (Lipinski definition) is 1. The molecule has 0 bridgehead atoms. The normalized spacial score (nSPS) is 15.3. The van der Waals surface area contributed by atoms with Gasteiger partial charge in [0.15, 0.2) is 5.76 Å². The highest BCUT2D eigenvalue weighted by Gasteiger charge is 2.19. The van der Waals surface area contributed by atoms with E-state index >= 15 is 0 Å². The lowest BCUT2D eigenvalue weighted by Gasteiger charge is -2.36. The fourth-order valence-electron chi connectivity index (χ4n) is 3.18. The summed E-state index contributed by atoms with van der Waals surface area (Å²) in [7, 11) is 0. The van der Waals surface area contributed by atoms with Crippen LogP contribution in [0.15, 0.2) is 59.0 Å². The Balaban J connectivity index is 1.29. The number of furan rings is 1. The van der Waals surface area contributed by atoms with Gasteiger partial charge in [0, 0.05) is 37.3 Å². The lowest BCUT2D eigenvalue weighted by Crippen LogP contribution is -2.50. The van der Waals surface area contributed by atoms with Gasteiger partial charge in [0.2, 0.25) is 0 Å². The van der Waals surface area contributed by atoms with Crippen LogP contribution in [-0.4, -0.2) is 43.7 Å². The van der Waals surface area contributed by atoms with Crippen LogP contribution in [0.5, 0.6) is 0 Å². The summed E-state index contributed by atoms with van der Waals surface area (Å²) in [5.41, 5.74) is 1.74. The number of carbonyl (C=O) groups is 1. The van der Waals surface area contributed by atoms with E-state index in [0.717, 1.165) is 37.3 Å². The van der Waals surface area contributed by atoms with Gasteiger partial charge in [0.25, 0.3) is 5.91 Å². The zero-order chi connectivity index (χ0) is 17.9. The van der Waals surface area contributed by atoms with Gasteiger partial charge in [-0.2, -0.15) is 0 Å². The third-order valence-electron chi connectivity index (χ3n) is 4.68. The number of nitrogens with one attached hydrogen (secondary N) is 1. The molecule has 1 aliphatic heterocycles. The quantitative estimate of drug-likeness (QED) is 0.783. The first-order chi connectivity index (χ1) is 12.7. The van der Waals surface area contributed by atoms with E-state index in [1.54, 1.807) is 18.2 Å². The second-order valence-corrected chi connectivity index (χ2v) is 6.39. The van der Waals surface area contributed by atoms with Crippen LogP contribution in [0.2, 0.25) is 0 Å². The van der Waals surface area contributed by atoms with Crippen molar-refractivity contribution in [3.63, 3.8) is 0 Å². The average molecular weight is 353 g/mol. The molecule has 4 rings (SSSR count). The molecule has 0 aliphatic carbocycles. The molecule has 1 N–H and O–H groups in total. The molecule has 0 radical (unpaired) electrons. The van der Waals surface area contributed by atoms with E-state index in [2.05, 4.69) is 15.1 Å². The summed E-state index contributed by atoms with van der Waals surface area (Å²) in [6, 6.07) is 15.9. The van der Waals surface area contributed by atoms with Crippen LogP contribution in [-0.2, 0) is 0 Å². The summed E-state index contributed by atoms with van der Waals surface area (Å²) >= 11 is 0. The number of para-hydroxylation sites is 1. The Morgan fingerprint density at radius 2 is 1.77 bits per heavy atom. The van der Waals surface area contributed by atoms with E-state index in [4.69, 9.17) is 4.42 Å². The summed E-state index contributed by atoms with van der Waals surface area (Å²) in [6.07, 6.45) is 0. The Labute approximate surface area is 151 Å². The Hall–Kier alpha value is -2.86. The molecule has 5 nitrogen and oxygen atoms in total. The maximum atomic E-state index is 13.0. The molecule has 134 valence electrons. The fraction of sp³-hybridized carbons (Fsp3) is 0.250. The predicted octanol–water partition coefficient (Wildman–Crippen LogP) is 3.08. The van der Waals surface area contributed by atoms with Gasteiger partial charge < -0.3 is 14.6 Å². The van der Waals surface area contributed by atoms with E-state index < -0.39 is 0 Å². The molecular formula is C20H20FN3O2. The van der Waals surface area contributed by atoms with Gasteiger partial charge in [-0.25, -0.2) is 4.39 Å². The monoisotopic (exact) mass is 353 g/mol. The zero-order valence-corrected chi connectivity index (χ0v) is 14.3.